The Balaban J connectivity index is 2.35. The quantitative estimate of drug-likeness (QED) is 0.676. The molecule has 0 aliphatic rings. The molecule has 0 spiro atoms. The van der Waals surface area contributed by atoms with Gasteiger partial charge in [0.25, 0.3) is 5.56 Å². The van der Waals surface area contributed by atoms with E-state index in [1.54, 1.807) is 11.5 Å². The number of carbonyl (C=O) groups excluding carboxylic acids is 1. The van der Waals surface area contributed by atoms with E-state index < -0.39 is 17.3 Å². The summed E-state index contributed by atoms with van der Waals surface area (Å²) >= 11 is 0. The second kappa shape index (κ2) is 6.84. The van der Waals surface area contributed by atoms with Crippen molar-refractivity contribution in [1.82, 2.24) is 8.97 Å². The zero-order valence-corrected chi connectivity index (χ0v) is 14.3. The lowest BCUT2D eigenvalue weighted by molar-refractivity contribution is 0.0523. The third-order valence-electron chi connectivity index (χ3n) is 4.09. The molecule has 0 aliphatic carbocycles. The molecule has 3 rings (SSSR count). The summed E-state index contributed by atoms with van der Waals surface area (Å²) in [5, 5.41) is 9.65. The predicted octanol–water partition coefficient (Wildman–Crippen LogP) is 2.98. The maximum absolute atomic E-state index is 13.2. The van der Waals surface area contributed by atoms with Gasteiger partial charge in [0.15, 0.2) is 0 Å². The lowest BCUT2D eigenvalue weighted by Crippen LogP contribution is -2.26. The van der Waals surface area contributed by atoms with Crippen molar-refractivity contribution in [2.75, 3.05) is 6.61 Å². The van der Waals surface area contributed by atoms with Gasteiger partial charge in [-0.05, 0) is 31.5 Å². The summed E-state index contributed by atoms with van der Waals surface area (Å²) in [5.41, 5.74) is 1.09. The summed E-state index contributed by atoms with van der Waals surface area (Å²) in [7, 11) is 0. The number of aryl methyl sites for hydroxylation is 1. The van der Waals surface area contributed by atoms with Gasteiger partial charge >= 0.3 is 5.97 Å². The normalized spacial score (nSPS) is 10.7. The van der Waals surface area contributed by atoms with E-state index in [0.29, 0.717) is 23.3 Å². The molecule has 7 heteroatoms. The first-order valence-electron chi connectivity index (χ1n) is 8.13. The summed E-state index contributed by atoms with van der Waals surface area (Å²) in [6.45, 7) is 4.09. The van der Waals surface area contributed by atoms with Crippen LogP contribution in [0.4, 0.5) is 4.39 Å². The fraction of sp³-hybridized carbons (Fsp3) is 0.211. The Morgan fingerprint density at radius 1 is 1.23 bits per heavy atom. The van der Waals surface area contributed by atoms with Gasteiger partial charge in [-0.3, -0.25) is 9.20 Å². The van der Waals surface area contributed by atoms with Gasteiger partial charge in [-0.2, -0.15) is 5.26 Å². The number of halogens is 1. The lowest BCUT2D eigenvalue weighted by atomic mass is 10.1. The van der Waals surface area contributed by atoms with Gasteiger partial charge < -0.3 is 9.30 Å². The van der Waals surface area contributed by atoms with Crippen molar-refractivity contribution < 1.29 is 13.9 Å². The zero-order valence-electron chi connectivity index (χ0n) is 14.3. The molecule has 3 aromatic rings. The number of carbonyl (C=O) groups is 1. The van der Waals surface area contributed by atoms with E-state index in [4.69, 9.17) is 4.74 Å². The second-order valence-corrected chi connectivity index (χ2v) is 5.58. The maximum Gasteiger partial charge on any atom is 0.345 e. The minimum atomic E-state index is -0.711. The molecule has 2 heterocycles. The predicted molar refractivity (Wildman–Crippen MR) is 93.4 cm³/mol. The first kappa shape index (κ1) is 17.4. The molecule has 0 amide bonds. The van der Waals surface area contributed by atoms with E-state index in [1.165, 1.54) is 41.1 Å². The molecule has 0 fully saturated rings. The fourth-order valence-corrected chi connectivity index (χ4v) is 2.88. The monoisotopic (exact) mass is 353 g/mol. The van der Waals surface area contributed by atoms with Gasteiger partial charge in [-0.25, -0.2) is 9.18 Å². The number of nitrogens with zero attached hydrogens (tertiary/aromatic N) is 3. The van der Waals surface area contributed by atoms with E-state index in [0.717, 1.165) is 0 Å². The summed E-state index contributed by atoms with van der Waals surface area (Å²) in [5.74, 6) is -1.11. The van der Waals surface area contributed by atoms with Gasteiger partial charge in [0.05, 0.1) is 6.61 Å². The highest BCUT2D eigenvalue weighted by Crippen LogP contribution is 2.28. The van der Waals surface area contributed by atoms with Crippen LogP contribution in [-0.4, -0.2) is 21.5 Å². The highest BCUT2D eigenvalue weighted by molar-refractivity contribution is 5.89. The molecule has 0 N–H and O–H groups in total. The van der Waals surface area contributed by atoms with Gasteiger partial charge in [-0.1, -0.05) is 12.1 Å². The van der Waals surface area contributed by atoms with Crippen molar-refractivity contribution in [2.24, 2.45) is 0 Å². The Bertz CT molecular complexity index is 1090. The van der Waals surface area contributed by atoms with E-state index >= 15 is 0 Å². The van der Waals surface area contributed by atoms with E-state index in [1.807, 2.05) is 6.92 Å². The molecule has 0 saturated heterocycles. The largest absolute Gasteiger partial charge is 0.462 e. The van der Waals surface area contributed by atoms with Crippen LogP contribution in [0.1, 0.15) is 29.8 Å². The molecule has 0 bridgehead atoms. The van der Waals surface area contributed by atoms with Crippen molar-refractivity contribution in [3.8, 4) is 17.2 Å². The number of esters is 1. The van der Waals surface area contributed by atoms with Gasteiger partial charge in [-0.15, -0.1) is 0 Å². The zero-order chi connectivity index (χ0) is 18.8. The number of rotatable bonds is 4. The molecule has 6 nitrogen and oxygen atoms in total. The first-order chi connectivity index (χ1) is 12.5. The molecular formula is C19H16FN3O3. The molecule has 2 aromatic heterocycles. The smallest absolute Gasteiger partial charge is 0.345 e. The molecular weight excluding hydrogens is 337 g/mol. The molecule has 1 aromatic carbocycles. The Labute approximate surface area is 148 Å². The first-order valence-corrected chi connectivity index (χ1v) is 8.13. The summed E-state index contributed by atoms with van der Waals surface area (Å²) in [6, 6.07) is 7.77. The number of hydrogen-bond donors (Lipinski definition) is 0. The second-order valence-electron chi connectivity index (χ2n) is 5.58. The summed E-state index contributed by atoms with van der Waals surface area (Å²) in [6.07, 6.45) is 2.91. The lowest BCUT2D eigenvalue weighted by Gasteiger charge is -2.10. The average molecular weight is 353 g/mol. The van der Waals surface area contributed by atoms with Gasteiger partial charge in [0, 0.05) is 24.5 Å². The number of hydrogen-bond acceptors (Lipinski definition) is 4. The number of benzene rings is 1. The molecule has 0 radical (unpaired) electrons. The van der Waals surface area contributed by atoms with Crippen LogP contribution in [0.5, 0.6) is 0 Å². The number of nitriles is 1. The number of aromatic nitrogens is 2. The minimum absolute atomic E-state index is 0.105. The van der Waals surface area contributed by atoms with Crippen LogP contribution in [-0.2, 0) is 11.3 Å². The summed E-state index contributed by atoms with van der Waals surface area (Å²) < 4.78 is 21.1. The van der Waals surface area contributed by atoms with E-state index in [9.17, 15) is 19.2 Å². The van der Waals surface area contributed by atoms with Gasteiger partial charge in [0.2, 0.25) is 0 Å². The van der Waals surface area contributed by atoms with Crippen molar-refractivity contribution in [2.45, 2.75) is 20.4 Å². The number of fused-ring (bicyclic) bond motifs is 1. The Morgan fingerprint density at radius 3 is 2.50 bits per heavy atom. The van der Waals surface area contributed by atoms with Crippen LogP contribution in [0.2, 0.25) is 0 Å². The SMILES string of the molecule is CCOC(=O)c1cn(CC)c2c(C#N)c(-c3ccc(F)cc3)cn2c1=O. The van der Waals surface area contributed by atoms with Crippen molar-refractivity contribution >= 4 is 11.6 Å². The summed E-state index contributed by atoms with van der Waals surface area (Å²) in [4.78, 5) is 24.8. The Kier molecular flexibility index (Phi) is 4.59. The highest BCUT2D eigenvalue weighted by atomic mass is 19.1. The maximum atomic E-state index is 13.2. The van der Waals surface area contributed by atoms with E-state index in [-0.39, 0.29) is 17.7 Å². The molecule has 0 unspecified atom stereocenters. The van der Waals surface area contributed by atoms with Crippen molar-refractivity contribution in [3.05, 3.63) is 64.0 Å². The molecule has 26 heavy (non-hydrogen) atoms. The fourth-order valence-electron chi connectivity index (χ4n) is 2.88. The molecule has 132 valence electrons. The van der Waals surface area contributed by atoms with Crippen LogP contribution < -0.4 is 5.56 Å². The van der Waals surface area contributed by atoms with Crippen molar-refractivity contribution in [1.29, 1.82) is 5.26 Å². The third kappa shape index (κ3) is 2.75. The highest BCUT2D eigenvalue weighted by Gasteiger charge is 2.21. The molecule has 0 atom stereocenters. The molecule has 0 saturated carbocycles. The van der Waals surface area contributed by atoms with Gasteiger partial charge in [0.1, 0.15) is 28.7 Å². The van der Waals surface area contributed by atoms with Crippen LogP contribution in [0.15, 0.2) is 41.5 Å². The van der Waals surface area contributed by atoms with Crippen LogP contribution in [0.3, 0.4) is 0 Å². The van der Waals surface area contributed by atoms with Crippen LogP contribution in [0, 0.1) is 17.1 Å². The Hall–Kier alpha value is -3.40. The topological polar surface area (TPSA) is 76.5 Å². The standard InChI is InChI=1S/C19H16FN3O3/c1-3-22-10-16(19(25)26-4-2)18(24)23-11-15(14(9-21)17(22)23)12-5-7-13(20)8-6-12/h5-8,10-11H,3-4H2,1-2H3. The van der Waals surface area contributed by atoms with Crippen LogP contribution in [0.25, 0.3) is 16.8 Å². The number of ether oxygens (including phenoxy) is 1. The Morgan fingerprint density at radius 2 is 1.92 bits per heavy atom. The third-order valence-corrected chi connectivity index (χ3v) is 4.09. The van der Waals surface area contributed by atoms with Crippen LogP contribution >= 0.6 is 0 Å². The van der Waals surface area contributed by atoms with E-state index in [2.05, 4.69) is 6.07 Å². The average Bonchev–Trinajstić information content (AvgIpc) is 3.03. The molecule has 0 aliphatic heterocycles. The van der Waals surface area contributed by atoms with Crippen molar-refractivity contribution in [3.63, 3.8) is 0 Å². The minimum Gasteiger partial charge on any atom is -0.462 e.